The lowest BCUT2D eigenvalue weighted by atomic mass is 10.1. The van der Waals surface area contributed by atoms with Gasteiger partial charge in [0.25, 0.3) is 0 Å². The van der Waals surface area contributed by atoms with Crippen molar-refractivity contribution < 1.29 is 4.79 Å². The van der Waals surface area contributed by atoms with Gasteiger partial charge in [-0.25, -0.2) is 0 Å². The highest BCUT2D eigenvalue weighted by Gasteiger charge is 2.19. The number of carbonyl (C=O) groups excluding carboxylic acids is 1. The maximum Gasteiger partial charge on any atom is 0.225 e. The van der Waals surface area contributed by atoms with E-state index in [4.69, 9.17) is 0 Å². The lowest BCUT2D eigenvalue weighted by Gasteiger charge is -2.16. The third kappa shape index (κ3) is 3.43. The summed E-state index contributed by atoms with van der Waals surface area (Å²) in [6.45, 7) is 1.98. The van der Waals surface area contributed by atoms with E-state index in [1.807, 2.05) is 35.9 Å². The predicted octanol–water partition coefficient (Wildman–Crippen LogP) is 3.96. The predicted molar refractivity (Wildman–Crippen MR) is 91.3 cm³/mol. The van der Waals surface area contributed by atoms with Crippen LogP contribution in [0, 0.1) is 6.92 Å². The Morgan fingerprint density at radius 3 is 2.41 bits per heavy atom. The van der Waals surface area contributed by atoms with E-state index in [9.17, 15) is 4.79 Å². The van der Waals surface area contributed by atoms with E-state index < -0.39 is 0 Å². The molecule has 0 fully saturated rings. The van der Waals surface area contributed by atoms with Crippen LogP contribution < -0.4 is 5.32 Å². The number of aromatic nitrogens is 1. The molecular formula is C17H16N2OS2. The molecule has 1 N–H and O–H groups in total. The Hall–Kier alpha value is -1.98. The molecule has 3 nitrogen and oxygen atoms in total. The standard InChI is InChI=1S/C17H16N2OS2/c1-12-11-18-7-6-13(12)10-16(20)19-17(14-4-2-8-21-14)15-5-3-9-22-15/h2-9,11,17H,10H2,1H3,(H,19,20). The van der Waals surface area contributed by atoms with Crippen molar-refractivity contribution in [3.63, 3.8) is 0 Å². The maximum atomic E-state index is 12.4. The molecule has 0 aliphatic heterocycles. The Bertz CT molecular complexity index is 702. The van der Waals surface area contributed by atoms with Crippen LogP contribution in [-0.4, -0.2) is 10.9 Å². The smallest absolute Gasteiger partial charge is 0.225 e. The maximum absolute atomic E-state index is 12.4. The van der Waals surface area contributed by atoms with Gasteiger partial charge in [0.2, 0.25) is 5.91 Å². The van der Waals surface area contributed by atoms with Gasteiger partial charge in [-0.05, 0) is 47.0 Å². The van der Waals surface area contributed by atoms with Gasteiger partial charge < -0.3 is 5.32 Å². The van der Waals surface area contributed by atoms with Gasteiger partial charge in [0, 0.05) is 22.1 Å². The fraction of sp³-hybridized carbons (Fsp3) is 0.176. The minimum atomic E-state index is -0.0605. The van der Waals surface area contributed by atoms with Gasteiger partial charge in [-0.15, -0.1) is 22.7 Å². The first-order chi connectivity index (χ1) is 10.7. The van der Waals surface area contributed by atoms with Gasteiger partial charge in [-0.1, -0.05) is 12.1 Å². The molecule has 22 heavy (non-hydrogen) atoms. The van der Waals surface area contributed by atoms with Gasteiger partial charge in [0.1, 0.15) is 0 Å². The molecule has 0 saturated carbocycles. The van der Waals surface area contributed by atoms with Crippen LogP contribution >= 0.6 is 22.7 Å². The van der Waals surface area contributed by atoms with Crippen LogP contribution in [0.4, 0.5) is 0 Å². The van der Waals surface area contributed by atoms with Crippen molar-refractivity contribution in [3.05, 3.63) is 74.4 Å². The number of rotatable bonds is 5. The average Bonchev–Trinajstić information content (AvgIpc) is 3.21. The summed E-state index contributed by atoms with van der Waals surface area (Å²) in [5.74, 6) is 0.0288. The zero-order chi connectivity index (χ0) is 15.4. The molecule has 0 radical (unpaired) electrons. The molecule has 0 aliphatic carbocycles. The molecule has 1 amide bonds. The third-order valence-corrected chi connectivity index (χ3v) is 5.32. The molecule has 0 bridgehead atoms. The number of nitrogens with one attached hydrogen (secondary N) is 1. The summed E-state index contributed by atoms with van der Waals surface area (Å²) in [5.41, 5.74) is 2.06. The molecule has 3 rings (SSSR count). The Morgan fingerprint density at radius 2 is 1.86 bits per heavy atom. The van der Waals surface area contributed by atoms with Crippen molar-refractivity contribution in [2.75, 3.05) is 0 Å². The molecule has 0 atom stereocenters. The lowest BCUT2D eigenvalue weighted by Crippen LogP contribution is -2.29. The number of hydrogen-bond donors (Lipinski definition) is 1. The second-order valence-corrected chi connectivity index (χ2v) is 6.97. The third-order valence-electron chi connectivity index (χ3n) is 3.45. The minimum Gasteiger partial charge on any atom is -0.343 e. The zero-order valence-corrected chi connectivity index (χ0v) is 13.8. The minimum absolute atomic E-state index is 0.0288. The Kier molecular flexibility index (Phi) is 4.65. The van der Waals surface area contributed by atoms with E-state index >= 15 is 0 Å². The molecular weight excluding hydrogens is 312 g/mol. The van der Waals surface area contributed by atoms with Crippen LogP contribution in [0.15, 0.2) is 53.5 Å². The van der Waals surface area contributed by atoms with E-state index in [-0.39, 0.29) is 11.9 Å². The number of nitrogens with zero attached hydrogens (tertiary/aromatic N) is 1. The SMILES string of the molecule is Cc1cnccc1CC(=O)NC(c1cccs1)c1cccs1. The van der Waals surface area contributed by atoms with Gasteiger partial charge in [0.05, 0.1) is 12.5 Å². The second-order valence-electron chi connectivity index (χ2n) is 5.01. The fourth-order valence-electron chi connectivity index (χ4n) is 2.28. The monoisotopic (exact) mass is 328 g/mol. The van der Waals surface area contributed by atoms with Gasteiger partial charge >= 0.3 is 0 Å². The van der Waals surface area contributed by atoms with E-state index in [2.05, 4.69) is 22.4 Å². The number of hydrogen-bond acceptors (Lipinski definition) is 4. The van der Waals surface area contributed by atoms with Crippen molar-refractivity contribution in [1.82, 2.24) is 10.3 Å². The number of thiophene rings is 2. The highest BCUT2D eigenvalue weighted by molar-refractivity contribution is 7.11. The molecule has 3 aromatic heterocycles. The molecule has 5 heteroatoms. The summed E-state index contributed by atoms with van der Waals surface area (Å²) in [6, 6.07) is 9.99. The average molecular weight is 328 g/mol. The summed E-state index contributed by atoms with van der Waals surface area (Å²) in [7, 11) is 0. The number of aryl methyl sites for hydroxylation is 1. The molecule has 3 heterocycles. The summed E-state index contributed by atoms with van der Waals surface area (Å²) in [6.07, 6.45) is 3.89. The highest BCUT2D eigenvalue weighted by Crippen LogP contribution is 2.29. The van der Waals surface area contributed by atoms with E-state index in [0.717, 1.165) is 20.9 Å². The molecule has 112 valence electrons. The highest BCUT2D eigenvalue weighted by atomic mass is 32.1. The largest absolute Gasteiger partial charge is 0.343 e. The summed E-state index contributed by atoms with van der Waals surface area (Å²) in [4.78, 5) is 18.8. The molecule has 3 aromatic rings. The lowest BCUT2D eigenvalue weighted by molar-refractivity contribution is -0.120. The van der Waals surface area contributed by atoms with Crippen LogP contribution in [0.3, 0.4) is 0 Å². The zero-order valence-electron chi connectivity index (χ0n) is 12.2. The van der Waals surface area contributed by atoms with Crippen molar-refractivity contribution in [2.45, 2.75) is 19.4 Å². The topological polar surface area (TPSA) is 42.0 Å². The Labute approximate surface area is 137 Å². The Balaban J connectivity index is 1.77. The van der Waals surface area contributed by atoms with Crippen LogP contribution in [0.1, 0.15) is 26.9 Å². The molecule has 0 spiro atoms. The van der Waals surface area contributed by atoms with Crippen LogP contribution in [-0.2, 0) is 11.2 Å². The first kappa shape index (κ1) is 14.9. The van der Waals surface area contributed by atoms with Crippen molar-refractivity contribution >= 4 is 28.6 Å². The molecule has 0 aromatic carbocycles. The summed E-state index contributed by atoms with van der Waals surface area (Å²) >= 11 is 3.33. The van der Waals surface area contributed by atoms with E-state index in [1.165, 1.54) is 0 Å². The number of carbonyl (C=O) groups is 1. The van der Waals surface area contributed by atoms with E-state index in [1.54, 1.807) is 35.1 Å². The molecule has 0 unspecified atom stereocenters. The van der Waals surface area contributed by atoms with Crippen molar-refractivity contribution in [1.29, 1.82) is 0 Å². The van der Waals surface area contributed by atoms with E-state index in [0.29, 0.717) is 6.42 Å². The van der Waals surface area contributed by atoms with Crippen LogP contribution in [0.25, 0.3) is 0 Å². The fourth-order valence-corrected chi connectivity index (χ4v) is 3.94. The first-order valence-electron chi connectivity index (χ1n) is 6.99. The molecule has 0 saturated heterocycles. The van der Waals surface area contributed by atoms with Gasteiger partial charge in [-0.2, -0.15) is 0 Å². The summed E-state index contributed by atoms with van der Waals surface area (Å²) < 4.78 is 0. The number of amides is 1. The normalized spacial score (nSPS) is 10.8. The molecule has 0 aliphatic rings. The van der Waals surface area contributed by atoms with Crippen molar-refractivity contribution in [2.24, 2.45) is 0 Å². The van der Waals surface area contributed by atoms with Crippen molar-refractivity contribution in [3.8, 4) is 0 Å². The van der Waals surface area contributed by atoms with Gasteiger partial charge in [-0.3, -0.25) is 9.78 Å². The van der Waals surface area contributed by atoms with Gasteiger partial charge in [0.15, 0.2) is 0 Å². The Morgan fingerprint density at radius 1 is 1.18 bits per heavy atom. The second kappa shape index (κ2) is 6.85. The quantitative estimate of drug-likeness (QED) is 0.770. The number of pyridine rings is 1. The first-order valence-corrected chi connectivity index (χ1v) is 8.75. The van der Waals surface area contributed by atoms with Crippen LogP contribution in [0.5, 0.6) is 0 Å². The summed E-state index contributed by atoms with van der Waals surface area (Å²) in [5, 5.41) is 7.23. The van der Waals surface area contributed by atoms with Crippen LogP contribution in [0.2, 0.25) is 0 Å².